The summed E-state index contributed by atoms with van der Waals surface area (Å²) in [5, 5.41) is 3.40. The highest BCUT2D eigenvalue weighted by molar-refractivity contribution is 6.32. The number of rotatable bonds is 4. The summed E-state index contributed by atoms with van der Waals surface area (Å²) in [6, 6.07) is 11.1. The molecule has 1 N–H and O–H groups in total. The summed E-state index contributed by atoms with van der Waals surface area (Å²) in [7, 11) is 0. The lowest BCUT2D eigenvalue weighted by Gasteiger charge is -2.32. The van der Waals surface area contributed by atoms with E-state index in [1.807, 2.05) is 36.4 Å². The van der Waals surface area contributed by atoms with Gasteiger partial charge in [-0.15, -0.1) is 0 Å². The van der Waals surface area contributed by atoms with Gasteiger partial charge in [0.1, 0.15) is 0 Å². The lowest BCUT2D eigenvalue weighted by atomic mass is 9.93. The van der Waals surface area contributed by atoms with Crippen LogP contribution in [-0.2, 0) is 16.1 Å². The Balaban J connectivity index is 1.46. The van der Waals surface area contributed by atoms with Gasteiger partial charge in [-0.1, -0.05) is 35.9 Å². The van der Waals surface area contributed by atoms with E-state index in [1.165, 1.54) is 6.92 Å². The summed E-state index contributed by atoms with van der Waals surface area (Å²) in [4.78, 5) is 26.4. The molecule has 0 bridgehead atoms. The number of halogens is 1. The second-order valence-corrected chi connectivity index (χ2v) is 7.73. The second kappa shape index (κ2) is 8.79. The van der Waals surface area contributed by atoms with Gasteiger partial charge in [0.25, 0.3) is 0 Å². The van der Waals surface area contributed by atoms with Crippen LogP contribution in [0.2, 0.25) is 5.02 Å². The van der Waals surface area contributed by atoms with Gasteiger partial charge in [0.05, 0.1) is 30.7 Å². The van der Waals surface area contributed by atoms with Crippen molar-refractivity contribution in [2.75, 3.05) is 13.2 Å². The molecule has 0 saturated heterocycles. The normalized spacial score (nSPS) is 17.1. The molecule has 0 saturated carbocycles. The Morgan fingerprint density at radius 2 is 2.00 bits per heavy atom. The molecule has 0 spiro atoms. The van der Waals surface area contributed by atoms with E-state index in [4.69, 9.17) is 21.1 Å². The zero-order valence-electron chi connectivity index (χ0n) is 16.7. The molecule has 0 fully saturated rings. The summed E-state index contributed by atoms with van der Waals surface area (Å²) < 4.78 is 11.3. The van der Waals surface area contributed by atoms with E-state index < -0.39 is 0 Å². The first-order chi connectivity index (χ1) is 14.5. The highest BCUT2D eigenvalue weighted by Crippen LogP contribution is 2.38. The quantitative estimate of drug-likeness (QED) is 0.799. The number of carbonyl (C=O) groups excluding carboxylic acids is 2. The Morgan fingerprint density at radius 3 is 2.83 bits per heavy atom. The smallest absolute Gasteiger partial charge is 0.223 e. The van der Waals surface area contributed by atoms with Crippen LogP contribution in [0.5, 0.6) is 11.5 Å². The van der Waals surface area contributed by atoms with Gasteiger partial charge in [0, 0.05) is 26.1 Å². The van der Waals surface area contributed by atoms with Crippen LogP contribution in [0.25, 0.3) is 6.08 Å². The number of ether oxygens (including phenoxy) is 2. The molecule has 2 amide bonds. The van der Waals surface area contributed by atoms with Crippen LogP contribution in [0, 0.1) is 0 Å². The number of amides is 2. The fourth-order valence-corrected chi connectivity index (χ4v) is 4.04. The van der Waals surface area contributed by atoms with Crippen molar-refractivity contribution in [3.8, 4) is 11.5 Å². The van der Waals surface area contributed by atoms with Crippen molar-refractivity contribution in [1.29, 1.82) is 0 Å². The van der Waals surface area contributed by atoms with Crippen LogP contribution in [0.3, 0.4) is 0 Å². The summed E-state index contributed by atoms with van der Waals surface area (Å²) in [5.41, 5.74) is 2.80. The third kappa shape index (κ3) is 4.28. The van der Waals surface area contributed by atoms with Crippen molar-refractivity contribution in [2.24, 2.45) is 0 Å². The van der Waals surface area contributed by atoms with Gasteiger partial charge < -0.3 is 19.7 Å². The zero-order valence-corrected chi connectivity index (χ0v) is 17.4. The van der Waals surface area contributed by atoms with E-state index >= 15 is 0 Å². The monoisotopic (exact) mass is 426 g/mol. The highest BCUT2D eigenvalue weighted by Gasteiger charge is 2.28. The topological polar surface area (TPSA) is 67.9 Å². The molecule has 30 heavy (non-hydrogen) atoms. The van der Waals surface area contributed by atoms with Gasteiger partial charge in [-0.25, -0.2) is 0 Å². The van der Waals surface area contributed by atoms with Gasteiger partial charge in [-0.3, -0.25) is 9.59 Å². The first-order valence-electron chi connectivity index (χ1n) is 9.93. The SMILES string of the molecule is CC(=O)N1C=Cc2ccccc2C1CC(=O)NCc1cc(Cl)c2c(c1)OCCCO2. The fraction of sp³-hybridized carbons (Fsp3) is 0.304. The van der Waals surface area contributed by atoms with Gasteiger partial charge >= 0.3 is 0 Å². The Hall–Kier alpha value is -2.99. The van der Waals surface area contributed by atoms with Crippen molar-refractivity contribution in [3.05, 3.63) is 64.3 Å². The molecule has 7 heteroatoms. The van der Waals surface area contributed by atoms with Crippen molar-refractivity contribution in [3.63, 3.8) is 0 Å². The maximum atomic E-state index is 12.7. The zero-order chi connectivity index (χ0) is 21.1. The molecule has 2 aromatic rings. The molecule has 0 aromatic heterocycles. The minimum absolute atomic E-state index is 0.103. The summed E-state index contributed by atoms with van der Waals surface area (Å²) in [6.07, 6.45) is 4.59. The molecule has 2 heterocycles. The van der Waals surface area contributed by atoms with Crippen LogP contribution in [-0.4, -0.2) is 29.9 Å². The average molecular weight is 427 g/mol. The van der Waals surface area contributed by atoms with Crippen molar-refractivity contribution < 1.29 is 19.1 Å². The molecule has 1 atom stereocenters. The number of hydrogen-bond donors (Lipinski definition) is 1. The Labute approximate surface area is 180 Å². The predicted octanol–water partition coefficient (Wildman–Crippen LogP) is 4.08. The van der Waals surface area contributed by atoms with E-state index in [0.717, 1.165) is 23.1 Å². The maximum Gasteiger partial charge on any atom is 0.223 e. The van der Waals surface area contributed by atoms with Gasteiger partial charge in [0.15, 0.2) is 11.5 Å². The first kappa shape index (κ1) is 20.3. The molecule has 0 radical (unpaired) electrons. The minimum atomic E-state index is -0.337. The molecule has 2 aliphatic rings. The third-order valence-electron chi connectivity index (χ3n) is 5.20. The first-order valence-corrected chi connectivity index (χ1v) is 10.3. The van der Waals surface area contributed by atoms with Crippen LogP contribution < -0.4 is 14.8 Å². The average Bonchev–Trinajstić information content (AvgIpc) is 2.98. The number of carbonyl (C=O) groups is 2. The van der Waals surface area contributed by atoms with E-state index in [0.29, 0.717) is 36.3 Å². The van der Waals surface area contributed by atoms with Crippen LogP contribution in [0.1, 0.15) is 42.5 Å². The van der Waals surface area contributed by atoms with Crippen molar-refractivity contribution in [1.82, 2.24) is 10.2 Å². The lowest BCUT2D eigenvalue weighted by Crippen LogP contribution is -2.35. The van der Waals surface area contributed by atoms with Crippen LogP contribution >= 0.6 is 11.6 Å². The largest absolute Gasteiger partial charge is 0.489 e. The second-order valence-electron chi connectivity index (χ2n) is 7.32. The summed E-state index contributed by atoms with van der Waals surface area (Å²) in [6.45, 7) is 2.93. The summed E-state index contributed by atoms with van der Waals surface area (Å²) >= 11 is 6.33. The van der Waals surface area contributed by atoms with Gasteiger partial charge in [-0.2, -0.15) is 0 Å². The molecule has 1 unspecified atom stereocenters. The lowest BCUT2D eigenvalue weighted by molar-refractivity contribution is -0.130. The summed E-state index contributed by atoms with van der Waals surface area (Å²) in [5.74, 6) is 0.887. The van der Waals surface area contributed by atoms with Crippen LogP contribution in [0.15, 0.2) is 42.6 Å². The molecule has 6 nitrogen and oxygen atoms in total. The number of nitrogens with one attached hydrogen (secondary N) is 1. The Morgan fingerprint density at radius 1 is 1.20 bits per heavy atom. The van der Waals surface area contributed by atoms with Crippen molar-refractivity contribution >= 4 is 29.5 Å². The Bertz CT molecular complexity index is 1000. The number of benzene rings is 2. The third-order valence-corrected chi connectivity index (χ3v) is 5.48. The highest BCUT2D eigenvalue weighted by atomic mass is 35.5. The van der Waals surface area contributed by atoms with E-state index in [9.17, 15) is 9.59 Å². The molecular weight excluding hydrogens is 404 g/mol. The maximum absolute atomic E-state index is 12.7. The van der Waals surface area contributed by atoms with E-state index in [2.05, 4.69) is 5.32 Å². The number of fused-ring (bicyclic) bond motifs is 2. The fourth-order valence-electron chi connectivity index (χ4n) is 3.75. The molecule has 2 aromatic carbocycles. The predicted molar refractivity (Wildman–Crippen MR) is 114 cm³/mol. The molecule has 0 aliphatic carbocycles. The molecule has 2 aliphatic heterocycles. The van der Waals surface area contributed by atoms with Gasteiger partial charge in [-0.05, 0) is 34.9 Å². The van der Waals surface area contributed by atoms with Crippen LogP contribution in [0.4, 0.5) is 0 Å². The number of hydrogen-bond acceptors (Lipinski definition) is 4. The molecular formula is C23H23ClN2O4. The van der Waals surface area contributed by atoms with Crippen molar-refractivity contribution in [2.45, 2.75) is 32.4 Å². The van der Waals surface area contributed by atoms with E-state index in [1.54, 1.807) is 17.2 Å². The molecule has 156 valence electrons. The van der Waals surface area contributed by atoms with Gasteiger partial charge in [0.2, 0.25) is 11.8 Å². The molecule has 4 rings (SSSR count). The van der Waals surface area contributed by atoms with E-state index in [-0.39, 0.29) is 24.3 Å². The Kier molecular flexibility index (Phi) is 5.95. The number of nitrogens with zero attached hydrogens (tertiary/aromatic N) is 1. The minimum Gasteiger partial charge on any atom is -0.489 e. The standard InChI is InChI=1S/C23H23ClN2O4/c1-15(27)26-8-7-17-5-2-3-6-18(17)20(26)13-22(28)25-14-16-11-19(24)23-21(12-16)29-9-4-10-30-23/h2-3,5-8,11-12,20H,4,9-10,13-14H2,1H3,(H,25,28).